The molecule has 8 nitrogen and oxygen atoms in total. The van der Waals surface area contributed by atoms with Crippen LogP contribution in [0.25, 0.3) is 0 Å². The van der Waals surface area contributed by atoms with Crippen LogP contribution in [-0.4, -0.2) is 46.5 Å². The topological polar surface area (TPSA) is 91.2 Å². The summed E-state index contributed by atoms with van der Waals surface area (Å²) in [5.41, 5.74) is 2.63. The van der Waals surface area contributed by atoms with Crippen LogP contribution in [0.2, 0.25) is 0 Å². The van der Waals surface area contributed by atoms with Crippen LogP contribution in [0.1, 0.15) is 53.2 Å². The van der Waals surface area contributed by atoms with Gasteiger partial charge in [0.2, 0.25) is 5.88 Å². The molecular weight excluding hydrogens is 334 g/mol. The summed E-state index contributed by atoms with van der Waals surface area (Å²) in [6, 6.07) is 1.62. The lowest BCUT2D eigenvalue weighted by Crippen LogP contribution is -2.29. The molecular formula is C18H25N5O3. The van der Waals surface area contributed by atoms with Crippen molar-refractivity contribution < 1.29 is 14.3 Å². The first-order chi connectivity index (χ1) is 12.6. The van der Waals surface area contributed by atoms with Crippen molar-refractivity contribution in [1.82, 2.24) is 25.1 Å². The third-order valence-electron chi connectivity index (χ3n) is 4.58. The lowest BCUT2D eigenvalue weighted by molar-refractivity contribution is 0.0933. The minimum atomic E-state index is -0.287. The zero-order valence-electron chi connectivity index (χ0n) is 15.5. The van der Waals surface area contributed by atoms with Crippen molar-refractivity contribution in [3.63, 3.8) is 0 Å². The van der Waals surface area contributed by atoms with Gasteiger partial charge in [0.15, 0.2) is 5.82 Å². The molecule has 1 aliphatic carbocycles. The van der Waals surface area contributed by atoms with Crippen molar-refractivity contribution in [2.45, 2.75) is 45.2 Å². The van der Waals surface area contributed by atoms with Gasteiger partial charge in [-0.1, -0.05) is 0 Å². The Bertz CT molecular complexity index is 774. The number of nitrogens with zero attached hydrogens (tertiary/aromatic N) is 4. The summed E-state index contributed by atoms with van der Waals surface area (Å²) in [7, 11) is 3.21. The number of carbonyl (C=O) groups is 1. The van der Waals surface area contributed by atoms with Crippen LogP contribution in [-0.2, 0) is 24.1 Å². The summed E-state index contributed by atoms with van der Waals surface area (Å²) in [4.78, 5) is 17.3. The predicted molar refractivity (Wildman–Crippen MR) is 95.2 cm³/mol. The van der Waals surface area contributed by atoms with E-state index in [-0.39, 0.29) is 11.9 Å². The second kappa shape index (κ2) is 8.27. The third-order valence-corrected chi connectivity index (χ3v) is 4.58. The molecule has 2 heterocycles. The molecule has 140 valence electrons. The molecule has 0 saturated carbocycles. The molecule has 3 rings (SSSR count). The molecule has 0 radical (unpaired) electrons. The van der Waals surface area contributed by atoms with E-state index in [9.17, 15) is 4.79 Å². The molecule has 0 fully saturated rings. The fourth-order valence-corrected chi connectivity index (χ4v) is 3.26. The molecule has 0 aliphatic heterocycles. The number of amides is 1. The molecule has 1 amide bonds. The van der Waals surface area contributed by atoms with Crippen LogP contribution < -0.4 is 10.1 Å². The fraction of sp³-hybridized carbons (Fsp3) is 0.556. The van der Waals surface area contributed by atoms with Crippen molar-refractivity contribution in [2.75, 3.05) is 20.8 Å². The van der Waals surface area contributed by atoms with Crippen molar-refractivity contribution in [2.24, 2.45) is 0 Å². The van der Waals surface area contributed by atoms with E-state index in [0.29, 0.717) is 23.9 Å². The number of carbonyl (C=O) groups excluding carboxylic acids is 1. The van der Waals surface area contributed by atoms with Gasteiger partial charge in [0.05, 0.1) is 13.2 Å². The standard InChI is InChI=1S/C18H25N5O3/c1-12(16-22-19-11-23(16)8-5-9-25-2)20-17(24)14-10-13-6-4-7-15(13)21-18(14)26-3/h10-12H,4-9H2,1-3H3,(H,20,24). The zero-order chi connectivity index (χ0) is 18.5. The van der Waals surface area contributed by atoms with Crippen LogP contribution in [0.5, 0.6) is 5.88 Å². The molecule has 1 atom stereocenters. The average molecular weight is 359 g/mol. The summed E-state index contributed by atoms with van der Waals surface area (Å²) < 4.78 is 12.3. The first kappa shape index (κ1) is 18.3. The number of aryl methyl sites for hydroxylation is 3. The first-order valence-electron chi connectivity index (χ1n) is 8.88. The Balaban J connectivity index is 1.73. The van der Waals surface area contributed by atoms with Crippen LogP contribution in [0.3, 0.4) is 0 Å². The highest BCUT2D eigenvalue weighted by Gasteiger charge is 2.23. The SMILES string of the molecule is COCCCn1cnnc1C(C)NC(=O)c1cc2c(nc1OC)CCC2. The molecule has 26 heavy (non-hydrogen) atoms. The van der Waals surface area contributed by atoms with E-state index in [0.717, 1.165) is 43.5 Å². The lowest BCUT2D eigenvalue weighted by Gasteiger charge is -2.16. The number of aromatic nitrogens is 4. The van der Waals surface area contributed by atoms with E-state index in [1.54, 1.807) is 13.4 Å². The van der Waals surface area contributed by atoms with Crippen molar-refractivity contribution in [1.29, 1.82) is 0 Å². The van der Waals surface area contributed by atoms with Gasteiger partial charge >= 0.3 is 0 Å². The molecule has 0 saturated heterocycles. The van der Waals surface area contributed by atoms with Crippen LogP contribution in [0.15, 0.2) is 12.4 Å². The lowest BCUT2D eigenvalue weighted by atomic mass is 10.1. The largest absolute Gasteiger partial charge is 0.480 e. The van der Waals surface area contributed by atoms with Crippen molar-refractivity contribution in [3.8, 4) is 5.88 Å². The predicted octanol–water partition coefficient (Wildman–Crippen LogP) is 1.70. The molecule has 0 spiro atoms. The number of hydrogen-bond acceptors (Lipinski definition) is 6. The molecule has 0 bridgehead atoms. The van der Waals surface area contributed by atoms with Crippen LogP contribution >= 0.6 is 0 Å². The van der Waals surface area contributed by atoms with Gasteiger partial charge in [-0.25, -0.2) is 4.98 Å². The number of fused-ring (bicyclic) bond motifs is 1. The van der Waals surface area contributed by atoms with E-state index < -0.39 is 0 Å². The Morgan fingerprint density at radius 3 is 3.00 bits per heavy atom. The van der Waals surface area contributed by atoms with Crippen molar-refractivity contribution >= 4 is 5.91 Å². The molecule has 1 unspecified atom stereocenters. The maximum absolute atomic E-state index is 12.8. The average Bonchev–Trinajstić information content (AvgIpc) is 3.29. The quantitative estimate of drug-likeness (QED) is 0.722. The van der Waals surface area contributed by atoms with E-state index in [2.05, 4.69) is 20.5 Å². The van der Waals surface area contributed by atoms with Gasteiger partial charge in [0, 0.05) is 26.0 Å². The summed E-state index contributed by atoms with van der Waals surface area (Å²) in [6.45, 7) is 3.29. The highest BCUT2D eigenvalue weighted by atomic mass is 16.5. The molecule has 0 aromatic carbocycles. The van der Waals surface area contributed by atoms with Gasteiger partial charge in [0.1, 0.15) is 11.9 Å². The van der Waals surface area contributed by atoms with Gasteiger partial charge in [-0.05, 0) is 44.2 Å². The van der Waals surface area contributed by atoms with E-state index in [4.69, 9.17) is 9.47 Å². The Hall–Kier alpha value is -2.48. The Labute approximate surface area is 152 Å². The van der Waals surface area contributed by atoms with E-state index in [1.165, 1.54) is 7.11 Å². The number of rotatable bonds is 8. The second-order valence-electron chi connectivity index (χ2n) is 6.43. The second-order valence-corrected chi connectivity index (χ2v) is 6.43. The van der Waals surface area contributed by atoms with Crippen LogP contribution in [0.4, 0.5) is 0 Å². The maximum Gasteiger partial charge on any atom is 0.257 e. The van der Waals surface area contributed by atoms with Gasteiger partial charge in [-0.3, -0.25) is 4.79 Å². The number of methoxy groups -OCH3 is 2. The molecule has 2 aromatic rings. The Morgan fingerprint density at radius 2 is 2.23 bits per heavy atom. The number of nitrogens with one attached hydrogen (secondary N) is 1. The molecule has 2 aromatic heterocycles. The monoisotopic (exact) mass is 359 g/mol. The number of hydrogen-bond donors (Lipinski definition) is 1. The number of pyridine rings is 1. The molecule has 8 heteroatoms. The summed E-state index contributed by atoms with van der Waals surface area (Å²) in [6.07, 6.45) is 5.48. The van der Waals surface area contributed by atoms with Gasteiger partial charge in [-0.2, -0.15) is 0 Å². The minimum Gasteiger partial charge on any atom is -0.480 e. The Kier molecular flexibility index (Phi) is 5.82. The van der Waals surface area contributed by atoms with Crippen molar-refractivity contribution in [3.05, 3.63) is 35.0 Å². The van der Waals surface area contributed by atoms with Gasteiger partial charge in [-0.15, -0.1) is 10.2 Å². The Morgan fingerprint density at radius 1 is 1.38 bits per heavy atom. The fourth-order valence-electron chi connectivity index (χ4n) is 3.26. The van der Waals surface area contributed by atoms with Crippen LogP contribution in [0, 0.1) is 0 Å². The molecule has 1 aliphatic rings. The summed E-state index contributed by atoms with van der Waals surface area (Å²) >= 11 is 0. The normalized spacial score (nSPS) is 14.1. The van der Waals surface area contributed by atoms with E-state index >= 15 is 0 Å². The summed E-state index contributed by atoms with van der Waals surface area (Å²) in [5, 5.41) is 11.1. The molecule has 1 N–H and O–H groups in total. The third kappa shape index (κ3) is 3.85. The maximum atomic E-state index is 12.8. The first-order valence-corrected chi connectivity index (χ1v) is 8.88. The van der Waals surface area contributed by atoms with E-state index in [1.807, 2.05) is 17.6 Å². The number of ether oxygens (including phenoxy) is 2. The zero-order valence-corrected chi connectivity index (χ0v) is 15.5. The highest BCUT2D eigenvalue weighted by molar-refractivity contribution is 5.96. The minimum absolute atomic E-state index is 0.219. The summed E-state index contributed by atoms with van der Waals surface area (Å²) in [5.74, 6) is 0.863. The smallest absolute Gasteiger partial charge is 0.257 e. The van der Waals surface area contributed by atoms with Gasteiger partial charge in [0.25, 0.3) is 5.91 Å². The van der Waals surface area contributed by atoms with Gasteiger partial charge < -0.3 is 19.4 Å². The highest BCUT2D eigenvalue weighted by Crippen LogP contribution is 2.27.